The van der Waals surface area contributed by atoms with Gasteiger partial charge < -0.3 is 25.6 Å². The van der Waals surface area contributed by atoms with E-state index in [0.717, 1.165) is 34.6 Å². The van der Waals surface area contributed by atoms with Gasteiger partial charge in [-0.3, -0.25) is 14.8 Å². The average molecular weight is 691 g/mol. The van der Waals surface area contributed by atoms with Crippen LogP contribution < -0.4 is 16.0 Å². The molecule has 2 heterocycles. The van der Waals surface area contributed by atoms with Crippen molar-refractivity contribution in [3.63, 3.8) is 0 Å². The molecule has 10 nitrogen and oxygen atoms in total. The minimum absolute atomic E-state index is 0.0883. The van der Waals surface area contributed by atoms with Gasteiger partial charge in [-0.2, -0.15) is 0 Å². The Morgan fingerprint density at radius 2 is 1.56 bits per heavy atom. The van der Waals surface area contributed by atoms with E-state index in [0.29, 0.717) is 32.2 Å². The average Bonchev–Trinajstić information content (AvgIpc) is 3.52. The summed E-state index contributed by atoms with van der Waals surface area (Å²) in [4.78, 5) is 51.6. The number of carbonyl (C=O) groups is 3. The van der Waals surface area contributed by atoms with E-state index in [1.54, 1.807) is 23.5 Å². The maximum absolute atomic E-state index is 13.9. The van der Waals surface area contributed by atoms with E-state index in [1.807, 2.05) is 72.8 Å². The summed E-state index contributed by atoms with van der Waals surface area (Å²) < 4.78 is 5.50. The van der Waals surface area contributed by atoms with Crippen molar-refractivity contribution < 1.29 is 19.1 Å². The van der Waals surface area contributed by atoms with Crippen molar-refractivity contribution in [3.8, 4) is 0 Å². The van der Waals surface area contributed by atoms with Crippen LogP contribution in [0.15, 0.2) is 77.4 Å². The van der Waals surface area contributed by atoms with Gasteiger partial charge in [-0.25, -0.2) is 9.59 Å². The fraction of sp³-hybridized carbons (Fsp3) is 0.472. The summed E-state index contributed by atoms with van der Waals surface area (Å²) in [5.41, 5.74) is 5.76. The molecule has 0 bridgehead atoms. The molecule has 2 aliphatic rings. The number of nitrogens with zero attached hydrogens (tertiary/aromatic N) is 3. The molecular formula is C36H46N6O4S2. The summed E-state index contributed by atoms with van der Waals surface area (Å²) in [6, 6.07) is 19.0. The lowest BCUT2D eigenvalue weighted by atomic mass is 9.95. The molecule has 12 heteroatoms. The minimum Gasteiger partial charge on any atom is -0.444 e. The molecule has 256 valence electrons. The number of thiazole rings is 1. The first kappa shape index (κ1) is 35.4. The molecule has 1 fully saturated rings. The van der Waals surface area contributed by atoms with E-state index in [1.165, 1.54) is 11.3 Å². The molecule has 0 radical (unpaired) electrons. The van der Waals surface area contributed by atoms with Gasteiger partial charge in [0, 0.05) is 36.6 Å². The minimum atomic E-state index is -0.696. The molecule has 1 aliphatic carbocycles. The molecule has 3 N–H and O–H groups in total. The van der Waals surface area contributed by atoms with E-state index in [-0.39, 0.29) is 48.6 Å². The lowest BCUT2D eigenvalue weighted by molar-refractivity contribution is -0.124. The molecule has 1 unspecified atom stereocenters. The van der Waals surface area contributed by atoms with Crippen LogP contribution in [-0.2, 0) is 29.0 Å². The highest BCUT2D eigenvalue weighted by Crippen LogP contribution is 2.28. The van der Waals surface area contributed by atoms with Crippen molar-refractivity contribution in [2.45, 2.75) is 89.2 Å². The van der Waals surface area contributed by atoms with Gasteiger partial charge in [0.1, 0.15) is 12.6 Å². The third-order valence-corrected chi connectivity index (χ3v) is 10.1. The monoisotopic (exact) mass is 690 g/mol. The number of urea groups is 1. The van der Waals surface area contributed by atoms with Crippen LogP contribution in [0.25, 0.3) is 0 Å². The van der Waals surface area contributed by atoms with Crippen LogP contribution in [0.4, 0.5) is 9.59 Å². The van der Waals surface area contributed by atoms with Crippen molar-refractivity contribution >= 4 is 46.7 Å². The topological polar surface area (TPSA) is 125 Å². The quantitative estimate of drug-likeness (QED) is 0.164. The number of amides is 4. The highest BCUT2D eigenvalue weighted by molar-refractivity contribution is 8.12. The number of alkyl carbamates (subject to hydrolysis) is 1. The van der Waals surface area contributed by atoms with Crippen molar-refractivity contribution in [2.24, 2.45) is 10.9 Å². The molecule has 5 rings (SSSR count). The number of hydrogen-bond acceptors (Lipinski definition) is 8. The van der Waals surface area contributed by atoms with E-state index < -0.39 is 12.1 Å². The zero-order valence-corrected chi connectivity index (χ0v) is 29.3. The normalized spacial score (nSPS) is 17.4. The Kier molecular flexibility index (Phi) is 13.3. The summed E-state index contributed by atoms with van der Waals surface area (Å²) in [6.07, 6.45) is 5.61. The van der Waals surface area contributed by atoms with E-state index in [4.69, 9.17) is 4.74 Å². The van der Waals surface area contributed by atoms with Gasteiger partial charge in [-0.15, -0.1) is 23.1 Å². The first-order valence-corrected chi connectivity index (χ1v) is 18.7. The fourth-order valence-electron chi connectivity index (χ4n) is 5.79. The van der Waals surface area contributed by atoms with Crippen LogP contribution in [0, 0.1) is 5.92 Å². The molecule has 0 spiro atoms. The summed E-state index contributed by atoms with van der Waals surface area (Å²) in [7, 11) is 0. The number of nitrogens with one attached hydrogen (secondary N) is 3. The van der Waals surface area contributed by atoms with Gasteiger partial charge >= 0.3 is 12.1 Å². The number of carbonyl (C=O) groups excluding carboxylic acids is 3. The van der Waals surface area contributed by atoms with Crippen molar-refractivity contribution in [1.29, 1.82) is 0 Å². The Bertz CT molecular complexity index is 1470. The molecule has 0 saturated heterocycles. The van der Waals surface area contributed by atoms with Crippen molar-refractivity contribution in [3.05, 3.63) is 88.4 Å². The molecule has 2 aromatic carbocycles. The first-order chi connectivity index (χ1) is 23.3. The number of thioether (sulfide) groups is 1. The summed E-state index contributed by atoms with van der Waals surface area (Å²) in [6.45, 7) is 4.63. The highest BCUT2D eigenvalue weighted by atomic mass is 32.2. The number of hydrogen-bond donors (Lipinski definition) is 3. The van der Waals surface area contributed by atoms with Crippen molar-refractivity contribution in [2.75, 3.05) is 12.3 Å². The van der Waals surface area contributed by atoms with Crippen LogP contribution in [0.3, 0.4) is 0 Å². The van der Waals surface area contributed by atoms with Crippen LogP contribution in [0.1, 0.15) is 55.5 Å². The maximum atomic E-state index is 13.9. The predicted molar refractivity (Wildman–Crippen MR) is 192 cm³/mol. The second kappa shape index (κ2) is 18.0. The van der Waals surface area contributed by atoms with Crippen molar-refractivity contribution in [1.82, 2.24) is 25.8 Å². The van der Waals surface area contributed by atoms with Gasteiger partial charge in [-0.05, 0) is 55.6 Å². The van der Waals surface area contributed by atoms with Gasteiger partial charge in [-0.1, -0.05) is 74.5 Å². The van der Waals surface area contributed by atoms with Gasteiger partial charge in [0.2, 0.25) is 5.91 Å². The first-order valence-electron chi connectivity index (χ1n) is 16.7. The van der Waals surface area contributed by atoms with Gasteiger partial charge in [0.25, 0.3) is 0 Å². The summed E-state index contributed by atoms with van der Waals surface area (Å²) in [5.74, 6) is 0.546. The van der Waals surface area contributed by atoms with Gasteiger partial charge in [0.15, 0.2) is 0 Å². The Hall–Kier alpha value is -3.90. The molecule has 48 heavy (non-hydrogen) atoms. The number of ether oxygens (including phenoxy) is 1. The fourth-order valence-corrected chi connectivity index (χ4v) is 7.05. The molecule has 4 amide bonds. The lowest BCUT2D eigenvalue weighted by Crippen LogP contribution is -2.56. The third-order valence-electron chi connectivity index (χ3n) is 8.53. The maximum Gasteiger partial charge on any atom is 0.407 e. The summed E-state index contributed by atoms with van der Waals surface area (Å²) in [5, 5.41) is 9.41. The Morgan fingerprint density at radius 3 is 2.10 bits per heavy atom. The Balaban J connectivity index is 1.25. The smallest absolute Gasteiger partial charge is 0.407 e. The van der Waals surface area contributed by atoms with Crippen LogP contribution in [0.5, 0.6) is 0 Å². The predicted octanol–water partition coefficient (Wildman–Crippen LogP) is 5.83. The number of aromatic nitrogens is 1. The number of benzene rings is 2. The second-order valence-corrected chi connectivity index (χ2v) is 14.7. The summed E-state index contributed by atoms with van der Waals surface area (Å²) >= 11 is 3.10. The zero-order chi connectivity index (χ0) is 33.7. The third kappa shape index (κ3) is 11.4. The largest absolute Gasteiger partial charge is 0.444 e. The highest BCUT2D eigenvalue weighted by Gasteiger charge is 2.37. The zero-order valence-electron chi connectivity index (χ0n) is 27.6. The van der Waals surface area contributed by atoms with Gasteiger partial charge in [0.05, 0.1) is 22.0 Å². The standard InChI is InChI=1S/C36H46N6O4S2/c1-25(2)33(41-35(44)42(31-15-16-31)20-30-22-47-24-38-30)34(43)39-28(17-26-9-5-3-6-10-26)13-14-29(18-27-11-7-4-8-12-27)40-36(45)46-21-32-19-37-23-48-32/h3-12,19,23-25,28-31,33H,13-18,20-22H2,1-2H3,(H,39,43)(H,40,45)(H,41,44)/t28-,29-,30?,33+/m1/s1. The molecule has 1 saturated carbocycles. The van der Waals surface area contributed by atoms with E-state index in [9.17, 15) is 14.4 Å². The lowest BCUT2D eigenvalue weighted by Gasteiger charge is -2.30. The molecule has 1 aromatic heterocycles. The van der Waals surface area contributed by atoms with E-state index >= 15 is 0 Å². The molecular weight excluding hydrogens is 645 g/mol. The number of aliphatic imine (C=N–C) groups is 1. The SMILES string of the molecule is CC(C)[C@H](NC(=O)N(CC1CSC=N1)C1CC1)C(=O)N[C@H](CC[C@H](Cc1ccccc1)NC(=O)OCc1cncs1)Cc1ccccc1. The molecule has 1 aliphatic heterocycles. The van der Waals surface area contributed by atoms with Crippen LogP contribution in [-0.4, -0.2) is 76.0 Å². The molecule has 3 aromatic rings. The Labute approximate surface area is 291 Å². The second-order valence-electron chi connectivity index (χ2n) is 12.8. The Morgan fingerprint density at radius 1 is 0.917 bits per heavy atom. The van der Waals surface area contributed by atoms with Crippen LogP contribution >= 0.6 is 23.1 Å². The molecule has 4 atom stereocenters. The van der Waals surface area contributed by atoms with Crippen LogP contribution in [0.2, 0.25) is 0 Å². The number of rotatable bonds is 17. The van der Waals surface area contributed by atoms with E-state index in [2.05, 4.69) is 38.1 Å².